The van der Waals surface area contributed by atoms with Crippen LogP contribution in [0.2, 0.25) is 10.3 Å². The number of hydrogen-bond acceptors (Lipinski definition) is 4. The van der Waals surface area contributed by atoms with Crippen LogP contribution in [0.4, 0.5) is 0 Å². The third-order valence-electron chi connectivity index (χ3n) is 2.63. The van der Waals surface area contributed by atoms with Crippen molar-refractivity contribution in [2.75, 3.05) is 7.05 Å². The molecule has 0 saturated heterocycles. The van der Waals surface area contributed by atoms with Gasteiger partial charge in [-0.25, -0.2) is 0 Å². The number of hydrogen-bond donors (Lipinski definition) is 1. The van der Waals surface area contributed by atoms with Crippen molar-refractivity contribution < 1.29 is 9.90 Å². The number of phenolic OH excluding ortho intramolecular Hbond substituents is 1. The summed E-state index contributed by atoms with van der Waals surface area (Å²) in [5.74, 6) is -0.176. The van der Waals surface area contributed by atoms with Crippen LogP contribution >= 0.6 is 23.2 Å². The molecule has 2 rings (SSSR count). The molecule has 0 aliphatic heterocycles. The van der Waals surface area contributed by atoms with Crippen molar-refractivity contribution in [1.29, 1.82) is 0 Å². The molecule has 7 heteroatoms. The molecule has 0 aliphatic rings. The van der Waals surface area contributed by atoms with Gasteiger partial charge in [0.15, 0.2) is 10.3 Å². The lowest BCUT2D eigenvalue weighted by Crippen LogP contribution is -2.26. The van der Waals surface area contributed by atoms with E-state index in [0.717, 1.165) is 5.56 Å². The molecular weight excluding hydrogens is 301 g/mol. The van der Waals surface area contributed by atoms with Gasteiger partial charge >= 0.3 is 0 Å². The normalized spacial score (nSPS) is 10.3. The van der Waals surface area contributed by atoms with E-state index in [1.54, 1.807) is 25.2 Å². The van der Waals surface area contributed by atoms with Gasteiger partial charge in [0.25, 0.3) is 5.91 Å². The number of halogens is 2. The third kappa shape index (κ3) is 3.37. The number of nitrogens with zero attached hydrogens (tertiary/aromatic N) is 3. The second-order valence-electron chi connectivity index (χ2n) is 4.20. The van der Waals surface area contributed by atoms with Gasteiger partial charge in [0.05, 0.1) is 5.56 Å². The highest BCUT2D eigenvalue weighted by molar-refractivity contribution is 6.34. The van der Waals surface area contributed by atoms with Crippen molar-refractivity contribution in [3.63, 3.8) is 0 Å². The summed E-state index contributed by atoms with van der Waals surface area (Å²) in [5, 5.41) is 16.7. The zero-order valence-corrected chi connectivity index (χ0v) is 12.1. The molecule has 0 fully saturated rings. The fourth-order valence-corrected chi connectivity index (χ4v) is 2.03. The first-order valence-electron chi connectivity index (χ1n) is 5.69. The minimum absolute atomic E-state index is 0.00200. The fraction of sp³-hybridized carbons (Fsp3) is 0.154. The first-order chi connectivity index (χ1) is 9.47. The van der Waals surface area contributed by atoms with Gasteiger partial charge in [-0.15, -0.1) is 10.2 Å². The molecule has 0 bridgehead atoms. The van der Waals surface area contributed by atoms with E-state index < -0.39 is 0 Å². The van der Waals surface area contributed by atoms with Crippen LogP contribution in [0.3, 0.4) is 0 Å². The van der Waals surface area contributed by atoms with Gasteiger partial charge in [0, 0.05) is 13.6 Å². The predicted octanol–water partition coefficient (Wildman–Crippen LogP) is 2.76. The van der Waals surface area contributed by atoms with Gasteiger partial charge in [0.2, 0.25) is 0 Å². The van der Waals surface area contributed by atoms with Crippen molar-refractivity contribution in [2.24, 2.45) is 0 Å². The van der Waals surface area contributed by atoms with Crippen LogP contribution in [0.5, 0.6) is 5.75 Å². The molecule has 0 atom stereocenters. The average Bonchev–Trinajstić information content (AvgIpc) is 2.40. The lowest BCUT2D eigenvalue weighted by Gasteiger charge is -2.17. The minimum atomic E-state index is -0.324. The van der Waals surface area contributed by atoms with E-state index in [1.165, 1.54) is 11.0 Å². The van der Waals surface area contributed by atoms with Crippen molar-refractivity contribution in [2.45, 2.75) is 6.54 Å². The van der Waals surface area contributed by atoms with Gasteiger partial charge < -0.3 is 10.0 Å². The molecule has 1 aromatic carbocycles. The quantitative estimate of drug-likeness (QED) is 0.946. The summed E-state index contributed by atoms with van der Waals surface area (Å²) < 4.78 is 0. The van der Waals surface area contributed by atoms with Crippen LogP contribution in [0.1, 0.15) is 15.9 Å². The van der Waals surface area contributed by atoms with E-state index in [1.807, 2.05) is 6.07 Å². The van der Waals surface area contributed by atoms with Crippen molar-refractivity contribution >= 4 is 29.1 Å². The number of aromatic nitrogens is 2. The standard InChI is InChI=1S/C13H11Cl2N3O2/c1-18(7-8-3-2-4-9(19)5-8)13(20)10-6-11(14)16-17-12(10)15/h2-6,19H,7H2,1H3. The Hall–Kier alpha value is -1.85. The number of rotatable bonds is 3. The smallest absolute Gasteiger partial charge is 0.257 e. The van der Waals surface area contributed by atoms with Gasteiger partial charge in [-0.05, 0) is 23.8 Å². The van der Waals surface area contributed by atoms with E-state index in [4.69, 9.17) is 23.2 Å². The molecule has 20 heavy (non-hydrogen) atoms. The Bertz CT molecular complexity index is 649. The van der Waals surface area contributed by atoms with Crippen molar-refractivity contribution in [3.05, 3.63) is 51.8 Å². The summed E-state index contributed by atoms with van der Waals surface area (Å²) in [7, 11) is 1.62. The minimum Gasteiger partial charge on any atom is -0.508 e. The average molecular weight is 312 g/mol. The Morgan fingerprint density at radius 2 is 2.05 bits per heavy atom. The zero-order valence-electron chi connectivity index (χ0n) is 10.5. The summed E-state index contributed by atoms with van der Waals surface area (Å²) in [4.78, 5) is 13.7. The molecule has 0 unspecified atom stereocenters. The SMILES string of the molecule is CN(Cc1cccc(O)c1)C(=O)c1cc(Cl)nnc1Cl. The molecule has 1 aromatic heterocycles. The van der Waals surface area contributed by atoms with E-state index in [0.29, 0.717) is 6.54 Å². The number of carbonyl (C=O) groups is 1. The van der Waals surface area contributed by atoms with Gasteiger partial charge in [0.1, 0.15) is 5.75 Å². The third-order valence-corrected chi connectivity index (χ3v) is 3.09. The zero-order chi connectivity index (χ0) is 14.7. The summed E-state index contributed by atoms with van der Waals surface area (Å²) in [5.41, 5.74) is 0.986. The van der Waals surface area contributed by atoms with Gasteiger partial charge in [-0.3, -0.25) is 4.79 Å². The largest absolute Gasteiger partial charge is 0.508 e. The summed E-state index contributed by atoms with van der Waals surface area (Å²) in [6, 6.07) is 8.04. The topological polar surface area (TPSA) is 66.3 Å². The molecule has 0 aliphatic carbocycles. The Balaban J connectivity index is 2.18. The lowest BCUT2D eigenvalue weighted by molar-refractivity contribution is 0.0784. The molecule has 104 valence electrons. The van der Waals surface area contributed by atoms with Crippen LogP contribution in [-0.2, 0) is 6.54 Å². The molecule has 0 spiro atoms. The Morgan fingerprint density at radius 3 is 2.75 bits per heavy atom. The summed E-state index contributed by atoms with van der Waals surface area (Å²) in [6.07, 6.45) is 0. The molecule has 0 saturated carbocycles. The van der Waals surface area contributed by atoms with Crippen LogP contribution in [0.15, 0.2) is 30.3 Å². The van der Waals surface area contributed by atoms with E-state index in [9.17, 15) is 9.90 Å². The second-order valence-corrected chi connectivity index (χ2v) is 4.95. The van der Waals surface area contributed by atoms with Gasteiger partial charge in [-0.2, -0.15) is 0 Å². The monoisotopic (exact) mass is 311 g/mol. The maximum Gasteiger partial charge on any atom is 0.257 e. The Morgan fingerprint density at radius 1 is 1.30 bits per heavy atom. The number of amides is 1. The first-order valence-corrected chi connectivity index (χ1v) is 6.45. The molecule has 2 aromatic rings. The Labute approximate surface area is 125 Å². The van der Waals surface area contributed by atoms with Crippen LogP contribution in [0, 0.1) is 0 Å². The number of aromatic hydroxyl groups is 1. The van der Waals surface area contributed by atoms with Crippen molar-refractivity contribution in [3.8, 4) is 5.75 Å². The van der Waals surface area contributed by atoms with E-state index in [2.05, 4.69) is 10.2 Å². The van der Waals surface area contributed by atoms with Crippen LogP contribution < -0.4 is 0 Å². The van der Waals surface area contributed by atoms with Gasteiger partial charge in [-0.1, -0.05) is 35.3 Å². The van der Waals surface area contributed by atoms with Crippen LogP contribution in [-0.4, -0.2) is 33.2 Å². The second kappa shape index (κ2) is 6.07. The number of carbonyl (C=O) groups excluding carboxylic acids is 1. The number of phenols is 1. The molecule has 0 radical (unpaired) electrons. The van der Waals surface area contributed by atoms with E-state index in [-0.39, 0.29) is 27.5 Å². The maximum atomic E-state index is 12.3. The molecule has 1 amide bonds. The molecule has 1 N–H and O–H groups in total. The van der Waals surface area contributed by atoms with Crippen LogP contribution in [0.25, 0.3) is 0 Å². The lowest BCUT2D eigenvalue weighted by atomic mass is 10.2. The highest BCUT2D eigenvalue weighted by atomic mass is 35.5. The fourth-order valence-electron chi connectivity index (χ4n) is 1.71. The van der Waals surface area contributed by atoms with Crippen molar-refractivity contribution in [1.82, 2.24) is 15.1 Å². The summed E-state index contributed by atoms with van der Waals surface area (Å²) in [6.45, 7) is 0.323. The number of benzene rings is 1. The summed E-state index contributed by atoms with van der Waals surface area (Å²) >= 11 is 11.6. The molecule has 5 nitrogen and oxygen atoms in total. The predicted molar refractivity (Wildman–Crippen MR) is 76.0 cm³/mol. The highest BCUT2D eigenvalue weighted by Gasteiger charge is 2.17. The highest BCUT2D eigenvalue weighted by Crippen LogP contribution is 2.19. The first kappa shape index (κ1) is 14.6. The molecule has 1 heterocycles. The van der Waals surface area contributed by atoms with E-state index >= 15 is 0 Å². The Kier molecular flexibility index (Phi) is 4.42. The maximum absolute atomic E-state index is 12.3. The molecular formula is C13H11Cl2N3O2.